The van der Waals surface area contributed by atoms with Gasteiger partial charge in [0, 0.05) is 15.6 Å². The average Bonchev–Trinajstić information content (AvgIpc) is 1.99. The number of hydrogen-bond donors (Lipinski definition) is 0. The molecule has 0 N–H and O–H groups in total. The van der Waals surface area contributed by atoms with Gasteiger partial charge in [-0.1, -0.05) is 18.7 Å². The molecular weight excluding hydrogens is 156 g/mol. The van der Waals surface area contributed by atoms with Crippen LogP contribution >= 0.6 is 0 Å². The third-order valence-electron chi connectivity index (χ3n) is 1.29. The van der Waals surface area contributed by atoms with E-state index >= 15 is 0 Å². The van der Waals surface area contributed by atoms with Crippen LogP contribution in [0.25, 0.3) is 0 Å². The van der Waals surface area contributed by atoms with Crippen molar-refractivity contribution in [3.63, 3.8) is 0 Å². The topological polar surface area (TPSA) is 26.3 Å². The van der Waals surface area contributed by atoms with Gasteiger partial charge >= 0.3 is 5.97 Å². The van der Waals surface area contributed by atoms with Gasteiger partial charge in [-0.2, -0.15) is 0 Å². The fourth-order valence-electron chi connectivity index (χ4n) is 0.709. The van der Waals surface area contributed by atoms with Gasteiger partial charge in [0.05, 0.1) is 6.61 Å². The molecule has 0 aromatic rings. The highest BCUT2D eigenvalue weighted by Crippen LogP contribution is 1.90. The first-order chi connectivity index (χ1) is 5.31. The summed E-state index contributed by atoms with van der Waals surface area (Å²) in [5.74, 6) is -0.217. The molecule has 0 unspecified atom stereocenters. The minimum Gasteiger partial charge on any atom is -0.463 e. The van der Waals surface area contributed by atoms with E-state index < -0.39 is 0 Å². The molecule has 0 heterocycles. The quantitative estimate of drug-likeness (QED) is 0.269. The molecule has 11 heavy (non-hydrogen) atoms. The molecule has 0 amide bonds. The highest BCUT2D eigenvalue weighted by Gasteiger charge is 1.93. The molecule has 0 aliphatic rings. The maximum absolute atomic E-state index is 10.7. The van der Waals surface area contributed by atoms with E-state index in [-0.39, 0.29) is 15.5 Å². The van der Waals surface area contributed by atoms with Crippen molar-refractivity contribution < 1.29 is 9.53 Å². The van der Waals surface area contributed by atoms with Crippen molar-refractivity contribution in [2.24, 2.45) is 0 Å². The highest BCUT2D eigenvalue weighted by molar-refractivity contribution is 6.33. The number of hydrogen-bond acceptors (Lipinski definition) is 2. The normalized spacial score (nSPS) is 11.5. The fourth-order valence-corrected chi connectivity index (χ4v) is 1.41. The van der Waals surface area contributed by atoms with Crippen LogP contribution in [-0.4, -0.2) is 22.1 Å². The molecule has 0 aliphatic carbocycles. The zero-order valence-electron chi connectivity index (χ0n) is 7.30. The van der Waals surface area contributed by atoms with E-state index in [9.17, 15) is 4.79 Å². The van der Waals surface area contributed by atoms with Crippen molar-refractivity contribution in [2.45, 2.75) is 25.9 Å². The molecule has 0 bridgehead atoms. The second-order valence-corrected chi connectivity index (χ2v) is 4.08. The summed E-state index contributed by atoms with van der Waals surface area (Å²) in [4.78, 5) is 10.7. The predicted molar refractivity (Wildman–Crippen MR) is 49.6 cm³/mol. The van der Waals surface area contributed by atoms with E-state index in [4.69, 9.17) is 4.74 Å². The Kier molecular flexibility index (Phi) is 7.14. The van der Waals surface area contributed by atoms with E-state index in [1.165, 1.54) is 12.1 Å². The predicted octanol–water partition coefficient (Wildman–Crippen LogP) is 1.13. The third kappa shape index (κ3) is 7.32. The summed E-state index contributed by atoms with van der Waals surface area (Å²) in [6.07, 6.45) is 4.17. The van der Waals surface area contributed by atoms with E-state index in [2.05, 4.69) is 6.55 Å². The minimum atomic E-state index is -0.217. The smallest absolute Gasteiger partial charge is 0.330 e. The van der Waals surface area contributed by atoms with Crippen LogP contribution in [0.4, 0.5) is 0 Å². The average molecular weight is 172 g/mol. The van der Waals surface area contributed by atoms with Crippen LogP contribution in [-0.2, 0) is 9.53 Å². The SMILES string of the molecule is CC=CC(=O)OCCC[SiH2]C. The molecule has 0 fully saturated rings. The maximum atomic E-state index is 10.7. The molecule has 0 saturated heterocycles. The molecule has 0 saturated carbocycles. The van der Waals surface area contributed by atoms with E-state index in [1.807, 2.05) is 0 Å². The lowest BCUT2D eigenvalue weighted by Crippen LogP contribution is -2.02. The summed E-state index contributed by atoms with van der Waals surface area (Å²) in [6, 6.07) is 1.27. The zero-order chi connectivity index (χ0) is 8.53. The molecular formula is C8H16O2Si. The Morgan fingerprint density at radius 1 is 1.64 bits per heavy atom. The van der Waals surface area contributed by atoms with Crippen LogP contribution in [0.1, 0.15) is 13.3 Å². The van der Waals surface area contributed by atoms with Crippen LogP contribution in [0.2, 0.25) is 12.6 Å². The number of carbonyl (C=O) groups excluding carboxylic acids is 1. The molecule has 3 heteroatoms. The standard InChI is InChI=1S/C8H16O2Si/c1-3-5-8(9)10-6-4-7-11-2/h3,5H,4,6-7,11H2,1-2H3. The largest absolute Gasteiger partial charge is 0.463 e. The summed E-state index contributed by atoms with van der Waals surface area (Å²) >= 11 is 0. The van der Waals surface area contributed by atoms with Gasteiger partial charge in [-0.25, -0.2) is 4.79 Å². The van der Waals surface area contributed by atoms with Gasteiger partial charge in [0.15, 0.2) is 0 Å². The molecule has 0 aromatic carbocycles. The van der Waals surface area contributed by atoms with Crippen LogP contribution in [0.5, 0.6) is 0 Å². The van der Waals surface area contributed by atoms with Crippen molar-refractivity contribution in [1.29, 1.82) is 0 Å². The number of esters is 1. The van der Waals surface area contributed by atoms with Crippen LogP contribution in [0.3, 0.4) is 0 Å². The molecule has 0 atom stereocenters. The Bertz CT molecular complexity index is 132. The first-order valence-electron chi connectivity index (χ1n) is 4.10. The minimum absolute atomic E-state index is 0.148. The lowest BCUT2D eigenvalue weighted by Gasteiger charge is -1.99. The van der Waals surface area contributed by atoms with Crippen molar-refractivity contribution in [1.82, 2.24) is 0 Å². The van der Waals surface area contributed by atoms with Crippen molar-refractivity contribution in [3.8, 4) is 0 Å². The van der Waals surface area contributed by atoms with Gasteiger partial charge in [0.2, 0.25) is 0 Å². The summed E-state index contributed by atoms with van der Waals surface area (Å²) in [5, 5.41) is 0. The molecule has 0 aromatic heterocycles. The van der Waals surface area contributed by atoms with Gasteiger partial charge in [-0.3, -0.25) is 0 Å². The third-order valence-corrected chi connectivity index (χ3v) is 2.50. The Morgan fingerprint density at radius 3 is 2.91 bits per heavy atom. The van der Waals surface area contributed by atoms with Gasteiger partial charge in [0.1, 0.15) is 0 Å². The number of ether oxygens (including phenoxy) is 1. The number of rotatable bonds is 5. The van der Waals surface area contributed by atoms with E-state index in [0.717, 1.165) is 6.42 Å². The molecule has 0 rings (SSSR count). The highest BCUT2D eigenvalue weighted by atomic mass is 28.2. The van der Waals surface area contributed by atoms with Gasteiger partial charge in [-0.05, 0) is 13.3 Å². The second-order valence-electron chi connectivity index (χ2n) is 2.37. The maximum Gasteiger partial charge on any atom is 0.330 e. The molecule has 2 nitrogen and oxygen atoms in total. The van der Waals surface area contributed by atoms with Crippen LogP contribution < -0.4 is 0 Å². The van der Waals surface area contributed by atoms with Crippen molar-refractivity contribution in [3.05, 3.63) is 12.2 Å². The lowest BCUT2D eigenvalue weighted by atomic mass is 10.5. The summed E-state index contributed by atoms with van der Waals surface area (Å²) in [7, 11) is 0.148. The number of allylic oxidation sites excluding steroid dienone is 1. The first-order valence-corrected chi connectivity index (χ1v) is 6.52. The Balaban J connectivity index is 3.17. The van der Waals surface area contributed by atoms with E-state index in [1.54, 1.807) is 13.0 Å². The molecule has 0 spiro atoms. The van der Waals surface area contributed by atoms with Gasteiger partial charge < -0.3 is 4.74 Å². The Labute approximate surface area is 70.5 Å². The fraction of sp³-hybridized carbons (Fsp3) is 0.625. The summed E-state index contributed by atoms with van der Waals surface area (Å²) in [5.41, 5.74) is 0. The summed E-state index contributed by atoms with van der Waals surface area (Å²) in [6.45, 7) is 4.65. The lowest BCUT2D eigenvalue weighted by molar-refractivity contribution is -0.137. The molecule has 0 radical (unpaired) electrons. The van der Waals surface area contributed by atoms with Gasteiger partial charge in [-0.15, -0.1) is 0 Å². The number of carbonyl (C=O) groups is 1. The van der Waals surface area contributed by atoms with E-state index in [0.29, 0.717) is 6.61 Å². The monoisotopic (exact) mass is 172 g/mol. The molecule has 64 valence electrons. The Morgan fingerprint density at radius 2 is 2.36 bits per heavy atom. The van der Waals surface area contributed by atoms with Crippen molar-refractivity contribution >= 4 is 15.5 Å². The molecule has 0 aliphatic heterocycles. The zero-order valence-corrected chi connectivity index (χ0v) is 8.71. The van der Waals surface area contributed by atoms with Crippen molar-refractivity contribution in [2.75, 3.05) is 6.61 Å². The first kappa shape index (κ1) is 10.4. The van der Waals surface area contributed by atoms with Gasteiger partial charge in [0.25, 0.3) is 0 Å². The second kappa shape index (κ2) is 7.53. The van der Waals surface area contributed by atoms with Crippen LogP contribution in [0, 0.1) is 0 Å². The Hall–Kier alpha value is -0.573. The van der Waals surface area contributed by atoms with Crippen LogP contribution in [0.15, 0.2) is 12.2 Å². The summed E-state index contributed by atoms with van der Waals surface area (Å²) < 4.78 is 4.88.